The monoisotopic (exact) mass is 416 g/mol. The summed E-state index contributed by atoms with van der Waals surface area (Å²) in [6, 6.07) is 9.99. The van der Waals surface area contributed by atoms with Gasteiger partial charge in [-0.25, -0.2) is 4.39 Å². The highest BCUT2D eigenvalue weighted by molar-refractivity contribution is 5.86. The van der Waals surface area contributed by atoms with Crippen molar-refractivity contribution < 1.29 is 17.6 Å². The largest absolute Gasteiger partial charge is 0.416 e. The highest BCUT2D eigenvalue weighted by atomic mass is 19.4. The van der Waals surface area contributed by atoms with Crippen molar-refractivity contribution in [3.8, 4) is 0 Å². The molecule has 0 atom stereocenters. The average Bonchev–Trinajstić information content (AvgIpc) is 3.50. The lowest BCUT2D eigenvalue weighted by Crippen LogP contribution is -2.32. The molecule has 1 aliphatic heterocycles. The fraction of sp³-hybridized carbons (Fsp3) is 0.417. The van der Waals surface area contributed by atoms with Crippen LogP contribution in [-0.2, 0) is 32.1 Å². The van der Waals surface area contributed by atoms with Crippen LogP contribution >= 0.6 is 0 Å². The molecule has 1 saturated carbocycles. The third-order valence-electron chi connectivity index (χ3n) is 6.49. The van der Waals surface area contributed by atoms with Crippen molar-refractivity contribution in [2.45, 2.75) is 57.9 Å². The van der Waals surface area contributed by atoms with Gasteiger partial charge >= 0.3 is 6.18 Å². The molecule has 1 fully saturated rings. The minimum absolute atomic E-state index is 0.320. The number of aryl methyl sites for hydroxylation is 3. The van der Waals surface area contributed by atoms with E-state index >= 15 is 0 Å². The van der Waals surface area contributed by atoms with Gasteiger partial charge in [0.1, 0.15) is 5.82 Å². The van der Waals surface area contributed by atoms with Gasteiger partial charge < -0.3 is 4.57 Å². The summed E-state index contributed by atoms with van der Waals surface area (Å²) in [6.07, 6.45) is -0.657. The van der Waals surface area contributed by atoms with Gasteiger partial charge in [-0.1, -0.05) is 17.7 Å². The van der Waals surface area contributed by atoms with Crippen molar-refractivity contribution in [2.24, 2.45) is 0 Å². The Morgan fingerprint density at radius 3 is 2.57 bits per heavy atom. The van der Waals surface area contributed by atoms with E-state index in [2.05, 4.69) is 34.6 Å². The first-order valence-corrected chi connectivity index (χ1v) is 10.5. The zero-order valence-corrected chi connectivity index (χ0v) is 16.9. The van der Waals surface area contributed by atoms with Gasteiger partial charge in [-0.05, 0) is 61.6 Å². The zero-order valence-electron chi connectivity index (χ0n) is 16.9. The Bertz CT molecular complexity index is 1110. The second-order valence-corrected chi connectivity index (χ2v) is 8.60. The molecule has 158 valence electrons. The molecule has 0 N–H and O–H groups in total. The number of aromatic nitrogens is 1. The van der Waals surface area contributed by atoms with Gasteiger partial charge in [-0.3, -0.25) is 4.90 Å². The zero-order chi connectivity index (χ0) is 21.0. The first-order chi connectivity index (χ1) is 14.3. The molecule has 0 spiro atoms. The van der Waals surface area contributed by atoms with Crippen LogP contribution in [0.1, 0.15) is 40.8 Å². The molecular weight excluding hydrogens is 392 g/mol. The molecule has 2 aromatic carbocycles. The van der Waals surface area contributed by atoms with Crippen molar-refractivity contribution >= 4 is 10.9 Å². The predicted molar refractivity (Wildman–Crippen MR) is 109 cm³/mol. The van der Waals surface area contributed by atoms with Crippen molar-refractivity contribution in [2.75, 3.05) is 6.54 Å². The van der Waals surface area contributed by atoms with Crippen LogP contribution in [0.4, 0.5) is 17.6 Å². The summed E-state index contributed by atoms with van der Waals surface area (Å²) in [5.74, 6) is -0.786. The lowest BCUT2D eigenvalue weighted by Gasteiger charge is -2.28. The van der Waals surface area contributed by atoms with Crippen molar-refractivity contribution in [1.82, 2.24) is 9.47 Å². The van der Waals surface area contributed by atoms with Crippen LogP contribution in [0.5, 0.6) is 0 Å². The minimum Gasteiger partial charge on any atom is -0.344 e. The first-order valence-electron chi connectivity index (χ1n) is 10.5. The number of hydrogen-bond acceptors (Lipinski definition) is 1. The molecule has 2 nitrogen and oxygen atoms in total. The van der Waals surface area contributed by atoms with Gasteiger partial charge in [0.25, 0.3) is 0 Å². The van der Waals surface area contributed by atoms with Gasteiger partial charge in [0.05, 0.1) is 5.56 Å². The van der Waals surface area contributed by atoms with Gasteiger partial charge in [-0.2, -0.15) is 13.2 Å². The van der Waals surface area contributed by atoms with Crippen LogP contribution in [0.2, 0.25) is 0 Å². The van der Waals surface area contributed by atoms with E-state index in [-0.39, 0.29) is 0 Å². The Hall–Kier alpha value is -2.34. The smallest absolute Gasteiger partial charge is 0.344 e. The second-order valence-electron chi connectivity index (χ2n) is 8.60. The van der Waals surface area contributed by atoms with E-state index in [0.717, 1.165) is 31.1 Å². The van der Waals surface area contributed by atoms with E-state index in [1.807, 2.05) is 0 Å². The minimum atomic E-state index is -4.53. The summed E-state index contributed by atoms with van der Waals surface area (Å²) in [7, 11) is 0. The molecule has 0 radical (unpaired) electrons. The van der Waals surface area contributed by atoms with Crippen LogP contribution in [0, 0.1) is 12.7 Å². The van der Waals surface area contributed by atoms with E-state index in [4.69, 9.17) is 0 Å². The molecular formula is C24H24F4N2. The summed E-state index contributed by atoms with van der Waals surface area (Å²) in [5, 5.41) is 1.25. The Morgan fingerprint density at radius 1 is 1.07 bits per heavy atom. The summed E-state index contributed by atoms with van der Waals surface area (Å²) in [4.78, 5) is 2.56. The van der Waals surface area contributed by atoms with E-state index in [9.17, 15) is 17.6 Å². The van der Waals surface area contributed by atoms with E-state index < -0.39 is 17.6 Å². The maximum absolute atomic E-state index is 14.3. The number of hydrogen-bond donors (Lipinski definition) is 0. The fourth-order valence-electron chi connectivity index (χ4n) is 4.75. The van der Waals surface area contributed by atoms with Crippen LogP contribution in [0.25, 0.3) is 10.9 Å². The van der Waals surface area contributed by atoms with Gasteiger partial charge in [0, 0.05) is 48.7 Å². The SMILES string of the molecule is Cc1ccc2c(c1)c1c(n2CCc2ccc(C(F)(F)F)cc2F)CCN(C2CC2)C1. The Labute approximate surface area is 173 Å². The lowest BCUT2D eigenvalue weighted by molar-refractivity contribution is -0.137. The molecule has 0 unspecified atom stereocenters. The van der Waals surface area contributed by atoms with Gasteiger partial charge in [0.15, 0.2) is 0 Å². The normalized spacial score (nSPS) is 17.5. The molecule has 1 aromatic heterocycles. The average molecular weight is 416 g/mol. The third-order valence-corrected chi connectivity index (χ3v) is 6.49. The molecule has 5 rings (SSSR count). The van der Waals surface area contributed by atoms with Crippen LogP contribution in [0.3, 0.4) is 0 Å². The summed E-state index contributed by atoms with van der Waals surface area (Å²) in [5.41, 5.74) is 4.37. The first kappa shape index (κ1) is 19.6. The Kier molecular flexibility index (Phi) is 4.65. The molecule has 6 heteroatoms. The van der Waals surface area contributed by atoms with Gasteiger partial charge in [0.2, 0.25) is 0 Å². The van der Waals surface area contributed by atoms with Crippen molar-refractivity contribution in [3.63, 3.8) is 0 Å². The Balaban J connectivity index is 1.46. The summed E-state index contributed by atoms with van der Waals surface area (Å²) in [6.45, 7) is 4.62. The molecule has 0 amide bonds. The quantitative estimate of drug-likeness (QED) is 0.483. The molecule has 3 aromatic rings. The number of halogens is 4. The topological polar surface area (TPSA) is 8.17 Å². The molecule has 2 aliphatic rings. The highest BCUT2D eigenvalue weighted by Gasteiger charge is 2.34. The predicted octanol–water partition coefficient (Wildman–Crippen LogP) is 5.87. The number of fused-ring (bicyclic) bond motifs is 3. The number of alkyl halides is 3. The summed E-state index contributed by atoms with van der Waals surface area (Å²) >= 11 is 0. The van der Waals surface area contributed by atoms with Crippen molar-refractivity contribution in [1.29, 1.82) is 0 Å². The third kappa shape index (κ3) is 3.51. The standard InChI is InChI=1S/C24H24F4N2/c1-15-2-7-22-19(12-15)20-14-29(18-5-6-18)10-9-23(20)30(22)11-8-16-3-4-17(13-21(16)25)24(26,27)28/h2-4,7,12-13,18H,5-6,8-11,14H2,1H3. The molecule has 1 aliphatic carbocycles. The van der Waals surface area contributed by atoms with Crippen LogP contribution in [0.15, 0.2) is 36.4 Å². The van der Waals surface area contributed by atoms with Crippen LogP contribution in [-0.4, -0.2) is 22.1 Å². The van der Waals surface area contributed by atoms with Crippen molar-refractivity contribution in [3.05, 3.63) is 70.2 Å². The van der Waals surface area contributed by atoms with Gasteiger partial charge in [-0.15, -0.1) is 0 Å². The molecule has 0 saturated heterocycles. The number of nitrogens with zero attached hydrogens (tertiary/aromatic N) is 2. The maximum atomic E-state index is 14.3. The lowest BCUT2D eigenvalue weighted by atomic mass is 10.0. The molecule has 2 heterocycles. The van der Waals surface area contributed by atoms with E-state index in [1.54, 1.807) is 0 Å². The molecule has 30 heavy (non-hydrogen) atoms. The van der Waals surface area contributed by atoms with Crippen LogP contribution < -0.4 is 0 Å². The summed E-state index contributed by atoms with van der Waals surface area (Å²) < 4.78 is 55.1. The number of benzene rings is 2. The second kappa shape index (κ2) is 7.12. The maximum Gasteiger partial charge on any atom is 0.416 e. The highest BCUT2D eigenvalue weighted by Crippen LogP contribution is 2.37. The Morgan fingerprint density at radius 2 is 1.87 bits per heavy atom. The van der Waals surface area contributed by atoms with E-state index in [0.29, 0.717) is 30.6 Å². The molecule has 0 bridgehead atoms. The van der Waals surface area contributed by atoms with E-state index in [1.165, 1.54) is 41.1 Å². The number of rotatable bonds is 4. The fourth-order valence-corrected chi connectivity index (χ4v) is 4.75.